The van der Waals surface area contributed by atoms with Crippen LogP contribution >= 0.6 is 23.2 Å². The molecule has 0 spiro atoms. The molecule has 8 bridgehead atoms. The zero-order valence-corrected chi connectivity index (χ0v) is 38.3. The number of alkyl halides is 2. The van der Waals surface area contributed by atoms with Crippen molar-refractivity contribution in [3.05, 3.63) is 218 Å². The second-order valence-corrected chi connectivity index (χ2v) is 19.3. The highest BCUT2D eigenvalue weighted by atomic mass is 35.5. The molecule has 0 saturated carbocycles. The Morgan fingerprint density at radius 3 is 1.39 bits per heavy atom. The zero-order chi connectivity index (χ0) is 43.5. The summed E-state index contributed by atoms with van der Waals surface area (Å²) in [7, 11) is 0. The minimum Gasteiger partial charge on any atom is -0.356 e. The Morgan fingerprint density at radius 1 is 0.452 bits per heavy atom. The lowest BCUT2D eigenvalue weighted by atomic mass is 9.86. The van der Waals surface area contributed by atoms with Gasteiger partial charge >= 0.3 is 0 Å². The van der Waals surface area contributed by atoms with Gasteiger partial charge in [-0.2, -0.15) is 0 Å². The van der Waals surface area contributed by atoms with Crippen molar-refractivity contribution < 1.29 is 0 Å². The number of aromatic nitrogens is 2. The molecule has 2 N–H and O–H groups in total. The van der Waals surface area contributed by atoms with Gasteiger partial charge in [-0.05, 0) is 117 Å². The highest BCUT2D eigenvalue weighted by Crippen LogP contribution is 2.53. The minimum absolute atomic E-state index is 0.355. The van der Waals surface area contributed by atoms with Gasteiger partial charge in [-0.15, -0.1) is 11.6 Å². The molecule has 5 heterocycles. The summed E-state index contributed by atoms with van der Waals surface area (Å²) in [6, 6.07) is 43.5. The summed E-state index contributed by atoms with van der Waals surface area (Å²) in [5.74, 6) is 1.56. The average Bonchev–Trinajstić information content (AvgIpc) is 4.11. The van der Waals surface area contributed by atoms with Crippen LogP contribution in [0.4, 0.5) is 0 Å². The Bertz CT molecular complexity index is 2950. The standard InChI is InChI=1S/C56H54Cl2N4/c1-33(2)37-9-15-41(16-10-37)52-45-25-26-47(59-45)53(42-17-11-38(12-18-42)34(3)4)49-29-30-51(61-49)56(58,44-23-21-40(22-24-44)36(7)8)55(57)32-31-50(62-55)54(48-28-27-46(52)60-48)43-19-13-39(14-20-43)35(5)6/h9-36,60-61H,1-8H3/t55-,56-/m1/s1. The quantitative estimate of drug-likeness (QED) is 0.113. The van der Waals surface area contributed by atoms with Crippen LogP contribution in [0.5, 0.6) is 0 Å². The van der Waals surface area contributed by atoms with Gasteiger partial charge in [-0.3, -0.25) is 4.99 Å². The molecule has 4 nitrogen and oxygen atoms in total. The van der Waals surface area contributed by atoms with Crippen molar-refractivity contribution in [2.24, 2.45) is 9.98 Å². The summed E-state index contributed by atoms with van der Waals surface area (Å²) in [4.78, 5) is 15.9. The van der Waals surface area contributed by atoms with Crippen LogP contribution < -0.4 is 10.7 Å². The van der Waals surface area contributed by atoms with Crippen LogP contribution in [0.1, 0.15) is 135 Å². The Morgan fingerprint density at radius 2 is 0.903 bits per heavy atom. The van der Waals surface area contributed by atoms with Gasteiger partial charge in [0.15, 0.2) is 9.87 Å². The number of hydrogen-bond acceptors (Lipinski definition) is 2. The van der Waals surface area contributed by atoms with E-state index in [1.165, 1.54) is 22.3 Å². The molecular weight excluding hydrogens is 800 g/mol. The molecule has 2 atom stereocenters. The molecule has 3 aliphatic rings. The smallest absolute Gasteiger partial charge is 0.181 e. The van der Waals surface area contributed by atoms with Crippen molar-refractivity contribution in [2.75, 3.05) is 0 Å². The van der Waals surface area contributed by atoms with Gasteiger partial charge in [0.1, 0.15) is 0 Å². The largest absolute Gasteiger partial charge is 0.356 e. The first-order valence-electron chi connectivity index (χ1n) is 22.0. The van der Waals surface area contributed by atoms with Crippen LogP contribution in [0.25, 0.3) is 16.7 Å². The Kier molecular flexibility index (Phi) is 10.9. The van der Waals surface area contributed by atoms with Crippen LogP contribution in [0.2, 0.25) is 0 Å². The molecule has 312 valence electrons. The number of H-pyrrole nitrogens is 2. The van der Waals surface area contributed by atoms with Gasteiger partial charge in [-0.1, -0.05) is 164 Å². The number of aromatic amines is 2. The van der Waals surface area contributed by atoms with Crippen LogP contribution in [0, 0.1) is 0 Å². The average molecular weight is 854 g/mol. The van der Waals surface area contributed by atoms with E-state index in [0.717, 1.165) is 78.2 Å². The summed E-state index contributed by atoms with van der Waals surface area (Å²) in [5, 5.41) is 1.87. The van der Waals surface area contributed by atoms with E-state index in [1.807, 2.05) is 12.2 Å². The van der Waals surface area contributed by atoms with E-state index in [1.54, 1.807) is 0 Å². The summed E-state index contributed by atoms with van der Waals surface area (Å²) in [6.45, 7) is 17.7. The van der Waals surface area contributed by atoms with Gasteiger partial charge in [-0.25, -0.2) is 4.99 Å². The number of halogens is 2. The van der Waals surface area contributed by atoms with E-state index < -0.39 is 9.87 Å². The van der Waals surface area contributed by atoms with Crippen molar-refractivity contribution in [2.45, 2.75) is 88.9 Å². The summed E-state index contributed by atoms with van der Waals surface area (Å²) < 4.78 is 0. The van der Waals surface area contributed by atoms with Crippen molar-refractivity contribution >= 4 is 51.3 Å². The zero-order valence-electron chi connectivity index (χ0n) is 36.8. The Hall–Kier alpha value is -5.68. The second kappa shape index (κ2) is 16.2. The SMILES string of the molecule is CC(C)c1ccc(C2=C3C=CC(=N3)C(c3ccc(C(C)C)cc3)=c3ccc([nH]3)=C(c3ccc(C(C)C)cc3)C3=N[C@](Cl)(C=C3)[C@@](Cl)(c3ccc(C(C)C)cc3)c3ccc2[nH]3)cc1. The van der Waals surface area contributed by atoms with Crippen LogP contribution in [-0.4, -0.2) is 26.4 Å². The van der Waals surface area contributed by atoms with E-state index in [9.17, 15) is 0 Å². The molecule has 4 aromatic carbocycles. The fraction of sp³-hybridized carbons (Fsp3) is 0.250. The number of allylic oxidation sites excluding steroid dienone is 3. The molecule has 0 unspecified atom stereocenters. The van der Waals surface area contributed by atoms with E-state index in [2.05, 4.69) is 199 Å². The predicted molar refractivity (Wildman–Crippen MR) is 262 cm³/mol. The van der Waals surface area contributed by atoms with Crippen molar-refractivity contribution in [1.29, 1.82) is 0 Å². The highest BCUT2D eigenvalue weighted by Gasteiger charge is 2.53. The van der Waals surface area contributed by atoms with Crippen molar-refractivity contribution in [3.8, 4) is 0 Å². The summed E-state index contributed by atoms with van der Waals surface area (Å²) in [5.41, 5.74) is 16.0. The lowest BCUT2D eigenvalue weighted by Gasteiger charge is -2.37. The highest BCUT2D eigenvalue weighted by molar-refractivity contribution is 6.40. The molecule has 0 amide bonds. The lowest BCUT2D eigenvalue weighted by Crippen LogP contribution is -2.41. The van der Waals surface area contributed by atoms with E-state index >= 15 is 0 Å². The minimum atomic E-state index is -1.42. The number of fused-ring (bicyclic) bond motifs is 6. The van der Waals surface area contributed by atoms with Crippen molar-refractivity contribution in [3.63, 3.8) is 0 Å². The third kappa shape index (κ3) is 7.31. The van der Waals surface area contributed by atoms with Crippen molar-refractivity contribution in [1.82, 2.24) is 9.97 Å². The summed E-state index contributed by atoms with van der Waals surface area (Å²) in [6.07, 6.45) is 8.28. The molecule has 6 aromatic rings. The molecular formula is C56H54Cl2N4. The molecule has 0 saturated heterocycles. The maximum Gasteiger partial charge on any atom is 0.181 e. The summed E-state index contributed by atoms with van der Waals surface area (Å²) >= 11 is 16.2. The second-order valence-electron chi connectivity index (χ2n) is 18.2. The van der Waals surface area contributed by atoms with Gasteiger partial charge in [0.25, 0.3) is 0 Å². The molecule has 0 radical (unpaired) electrons. The Balaban J connectivity index is 1.38. The number of rotatable bonds is 8. The van der Waals surface area contributed by atoms with Gasteiger partial charge in [0.05, 0.1) is 17.1 Å². The molecule has 9 rings (SSSR count). The van der Waals surface area contributed by atoms with Gasteiger partial charge in [0.2, 0.25) is 0 Å². The first-order chi connectivity index (χ1) is 29.7. The van der Waals surface area contributed by atoms with E-state index in [-0.39, 0.29) is 0 Å². The number of aliphatic imine (C=N–C) groups is 2. The number of hydrogen-bond donors (Lipinski definition) is 2. The normalized spacial score (nSPS) is 19.8. The molecule has 0 aliphatic carbocycles. The van der Waals surface area contributed by atoms with E-state index in [4.69, 9.17) is 33.2 Å². The Labute approximate surface area is 376 Å². The van der Waals surface area contributed by atoms with Crippen LogP contribution in [0.15, 0.2) is 161 Å². The van der Waals surface area contributed by atoms with Crippen LogP contribution in [-0.2, 0) is 4.87 Å². The third-order valence-corrected chi connectivity index (χ3v) is 14.1. The topological polar surface area (TPSA) is 56.3 Å². The maximum atomic E-state index is 8.20. The first kappa shape index (κ1) is 41.7. The van der Waals surface area contributed by atoms with Crippen LogP contribution in [0.3, 0.4) is 0 Å². The van der Waals surface area contributed by atoms with E-state index in [0.29, 0.717) is 23.7 Å². The lowest BCUT2D eigenvalue weighted by molar-refractivity contribution is 0.569. The molecule has 0 fully saturated rings. The first-order valence-corrected chi connectivity index (χ1v) is 22.7. The molecule has 6 heteroatoms. The number of nitrogens with one attached hydrogen (secondary N) is 2. The molecule has 62 heavy (non-hydrogen) atoms. The van der Waals surface area contributed by atoms with Gasteiger partial charge < -0.3 is 9.97 Å². The maximum absolute atomic E-state index is 8.20. The monoisotopic (exact) mass is 852 g/mol. The predicted octanol–water partition coefficient (Wildman–Crippen LogP) is 13.1. The number of benzene rings is 4. The van der Waals surface area contributed by atoms with Gasteiger partial charge in [0, 0.05) is 38.8 Å². The fourth-order valence-corrected chi connectivity index (χ4v) is 9.62. The fourth-order valence-electron chi connectivity index (χ4n) is 8.91. The number of nitrogens with zero attached hydrogens (tertiary/aromatic N) is 2. The molecule has 3 aliphatic heterocycles. The molecule has 2 aromatic heterocycles. The third-order valence-electron chi connectivity index (χ3n) is 12.8.